The molecule has 1 rings (SSSR count). The number of nitrogens with zero attached hydrogens (tertiary/aromatic N) is 6. The number of hydrogen-bond donors (Lipinski definition) is 0. The van der Waals surface area contributed by atoms with Crippen molar-refractivity contribution < 1.29 is 0 Å². The van der Waals surface area contributed by atoms with Crippen molar-refractivity contribution in [2.75, 3.05) is 38.7 Å². The van der Waals surface area contributed by atoms with Gasteiger partial charge in [-0.15, -0.1) is 23.5 Å². The normalized spacial score (nSPS) is 13.2. The smallest absolute Gasteiger partial charge is 0.159 e. The summed E-state index contributed by atoms with van der Waals surface area (Å²) in [6.07, 6.45) is 3.68. The zero-order valence-corrected chi connectivity index (χ0v) is 14.0. The van der Waals surface area contributed by atoms with E-state index in [1.54, 1.807) is 0 Å². The Labute approximate surface area is 138 Å². The van der Waals surface area contributed by atoms with E-state index in [0.717, 1.165) is 0 Å². The number of nitriles is 4. The van der Waals surface area contributed by atoms with Gasteiger partial charge in [-0.2, -0.15) is 21.0 Å². The lowest BCUT2D eigenvalue weighted by molar-refractivity contribution is 0.210. The molecule has 112 valence electrons. The lowest BCUT2D eigenvalue weighted by Gasteiger charge is -2.38. The number of piperazine rings is 1. The Kier molecular flexibility index (Phi) is 7.20. The predicted octanol–water partition coefficient (Wildman–Crippen LogP) is 1.85. The molecule has 1 aliphatic heterocycles. The first-order valence-corrected chi connectivity index (χ1v) is 8.78. The minimum absolute atomic E-state index is 0.122. The molecule has 0 N–H and O–H groups in total. The van der Waals surface area contributed by atoms with Gasteiger partial charge in [0.15, 0.2) is 11.1 Å². The van der Waals surface area contributed by atoms with Crippen LogP contribution in [0.1, 0.15) is 0 Å². The van der Waals surface area contributed by atoms with Gasteiger partial charge >= 0.3 is 0 Å². The fourth-order valence-electron chi connectivity index (χ4n) is 2.13. The maximum atomic E-state index is 9.01. The molecule has 0 aromatic heterocycles. The topological polar surface area (TPSA) is 102 Å². The maximum absolute atomic E-state index is 9.01. The fourth-order valence-corrected chi connectivity index (χ4v) is 3.60. The molecule has 0 aromatic carbocycles. The molecule has 6 nitrogen and oxygen atoms in total. The highest BCUT2D eigenvalue weighted by molar-refractivity contribution is 8.02. The number of thioether (sulfide) groups is 2. The highest BCUT2D eigenvalue weighted by Gasteiger charge is 2.23. The summed E-state index contributed by atoms with van der Waals surface area (Å²) in [6.45, 7) is 2.54. The minimum Gasteiger partial charge on any atom is -0.361 e. The molecule has 0 saturated carbocycles. The summed E-state index contributed by atoms with van der Waals surface area (Å²) >= 11 is 2.77. The summed E-state index contributed by atoms with van der Waals surface area (Å²) in [5.41, 5.74) is 0.243. The molecule has 1 saturated heterocycles. The standard InChI is InChI=1S/C14H14N6S2/c1-21-13(11(7-15)8-16)19-3-5-20(6-4-19)14(22-2)12(9-17)10-18/h3-6H2,1-2H3. The van der Waals surface area contributed by atoms with E-state index < -0.39 is 0 Å². The third-order valence-corrected chi connectivity index (χ3v) is 4.81. The number of hydrogen-bond acceptors (Lipinski definition) is 8. The second-order valence-electron chi connectivity index (χ2n) is 4.19. The van der Waals surface area contributed by atoms with E-state index >= 15 is 0 Å². The summed E-state index contributed by atoms with van der Waals surface area (Å²) in [7, 11) is 0. The zero-order chi connectivity index (χ0) is 16.5. The summed E-state index contributed by atoms with van der Waals surface area (Å²) in [5, 5.41) is 37.4. The Balaban J connectivity index is 2.93. The molecular formula is C14H14N6S2. The molecule has 0 bridgehead atoms. The molecule has 0 aliphatic carbocycles. The van der Waals surface area contributed by atoms with Gasteiger partial charge in [-0.1, -0.05) is 0 Å². The van der Waals surface area contributed by atoms with Gasteiger partial charge in [0.25, 0.3) is 0 Å². The Bertz CT molecular complexity index is 555. The summed E-state index contributed by atoms with van der Waals surface area (Å²) in [6, 6.07) is 7.70. The second-order valence-corrected chi connectivity index (χ2v) is 5.78. The van der Waals surface area contributed by atoms with Crippen molar-refractivity contribution in [3.05, 3.63) is 21.2 Å². The van der Waals surface area contributed by atoms with Crippen LogP contribution < -0.4 is 0 Å². The van der Waals surface area contributed by atoms with Crippen molar-refractivity contribution in [3.63, 3.8) is 0 Å². The van der Waals surface area contributed by atoms with Gasteiger partial charge in [0.2, 0.25) is 0 Å². The highest BCUT2D eigenvalue weighted by Crippen LogP contribution is 2.27. The molecule has 8 heteroatoms. The van der Waals surface area contributed by atoms with E-state index in [1.807, 2.05) is 46.6 Å². The van der Waals surface area contributed by atoms with Crippen molar-refractivity contribution in [1.82, 2.24) is 9.80 Å². The Morgan fingerprint density at radius 2 is 0.955 bits per heavy atom. The summed E-state index contributed by atoms with van der Waals surface area (Å²) in [4.78, 5) is 4.00. The molecule has 1 fully saturated rings. The van der Waals surface area contributed by atoms with Gasteiger partial charge in [0.05, 0.1) is 10.1 Å². The van der Waals surface area contributed by atoms with Crippen LogP contribution in [0.15, 0.2) is 21.2 Å². The van der Waals surface area contributed by atoms with Gasteiger partial charge in [-0.3, -0.25) is 0 Å². The van der Waals surface area contributed by atoms with E-state index in [0.29, 0.717) is 36.2 Å². The molecule has 0 amide bonds. The van der Waals surface area contributed by atoms with Crippen LogP contribution in [0.4, 0.5) is 0 Å². The fraction of sp³-hybridized carbons (Fsp3) is 0.429. The van der Waals surface area contributed by atoms with E-state index in [1.165, 1.54) is 23.5 Å². The van der Waals surface area contributed by atoms with Crippen LogP contribution in [0.5, 0.6) is 0 Å². The van der Waals surface area contributed by atoms with E-state index in [2.05, 4.69) is 0 Å². The summed E-state index contributed by atoms with van der Waals surface area (Å²) < 4.78 is 0. The SMILES string of the molecule is CSC(=C(C#N)C#N)N1CCN(C(SC)=C(C#N)C#N)CC1. The molecule has 0 spiro atoms. The number of allylic oxidation sites excluding steroid dienone is 2. The van der Waals surface area contributed by atoms with Crippen LogP contribution in [0, 0.1) is 45.3 Å². The van der Waals surface area contributed by atoms with Gasteiger partial charge in [0.1, 0.15) is 24.3 Å². The van der Waals surface area contributed by atoms with Crippen LogP contribution in [-0.4, -0.2) is 48.5 Å². The van der Waals surface area contributed by atoms with Crippen LogP contribution in [0.25, 0.3) is 0 Å². The third kappa shape index (κ3) is 3.89. The van der Waals surface area contributed by atoms with E-state index in [-0.39, 0.29) is 11.1 Å². The van der Waals surface area contributed by atoms with E-state index in [4.69, 9.17) is 21.0 Å². The number of rotatable bonds is 4. The van der Waals surface area contributed by atoms with Crippen LogP contribution in [0.3, 0.4) is 0 Å². The van der Waals surface area contributed by atoms with Crippen molar-refractivity contribution >= 4 is 23.5 Å². The molecule has 0 unspecified atom stereocenters. The van der Waals surface area contributed by atoms with Crippen molar-refractivity contribution in [1.29, 1.82) is 21.0 Å². The first-order chi connectivity index (χ1) is 10.7. The van der Waals surface area contributed by atoms with Gasteiger partial charge in [-0.25, -0.2) is 0 Å². The molecule has 1 heterocycles. The van der Waals surface area contributed by atoms with Gasteiger partial charge in [0, 0.05) is 26.2 Å². The molecule has 0 atom stereocenters. The lowest BCUT2D eigenvalue weighted by Crippen LogP contribution is -2.44. The molecule has 0 radical (unpaired) electrons. The molecular weight excluding hydrogens is 316 g/mol. The first kappa shape index (κ1) is 17.8. The maximum Gasteiger partial charge on any atom is 0.159 e. The Morgan fingerprint density at radius 3 is 1.14 bits per heavy atom. The van der Waals surface area contributed by atoms with Crippen molar-refractivity contribution in [2.24, 2.45) is 0 Å². The van der Waals surface area contributed by atoms with Crippen LogP contribution in [0.2, 0.25) is 0 Å². The minimum atomic E-state index is 0.122. The van der Waals surface area contributed by atoms with Gasteiger partial charge in [-0.05, 0) is 12.5 Å². The average Bonchev–Trinajstić information content (AvgIpc) is 2.57. The monoisotopic (exact) mass is 330 g/mol. The van der Waals surface area contributed by atoms with Crippen LogP contribution in [-0.2, 0) is 0 Å². The van der Waals surface area contributed by atoms with Crippen LogP contribution >= 0.6 is 23.5 Å². The molecule has 1 aliphatic rings. The first-order valence-electron chi connectivity index (χ1n) is 6.33. The predicted molar refractivity (Wildman–Crippen MR) is 86.7 cm³/mol. The average molecular weight is 330 g/mol. The Morgan fingerprint density at radius 1 is 0.682 bits per heavy atom. The molecule has 0 aromatic rings. The van der Waals surface area contributed by atoms with Crippen molar-refractivity contribution in [2.45, 2.75) is 0 Å². The quantitative estimate of drug-likeness (QED) is 0.720. The van der Waals surface area contributed by atoms with Gasteiger partial charge < -0.3 is 9.80 Å². The summed E-state index contributed by atoms with van der Waals surface area (Å²) in [5.74, 6) is 0. The molecule has 22 heavy (non-hydrogen) atoms. The third-order valence-electron chi connectivity index (χ3n) is 3.12. The highest BCUT2D eigenvalue weighted by atomic mass is 32.2. The van der Waals surface area contributed by atoms with E-state index in [9.17, 15) is 0 Å². The largest absolute Gasteiger partial charge is 0.361 e. The zero-order valence-electron chi connectivity index (χ0n) is 12.3. The second kappa shape index (κ2) is 8.90. The van der Waals surface area contributed by atoms with Crippen molar-refractivity contribution in [3.8, 4) is 24.3 Å². The Hall–Kier alpha value is -2.26. The lowest BCUT2D eigenvalue weighted by atomic mass is 10.2.